The number of cyclic esters (lactones) is 1. The minimum Gasteiger partial charge on any atom is -0.463 e. The summed E-state index contributed by atoms with van der Waals surface area (Å²) in [4.78, 5) is 24.2. The van der Waals surface area contributed by atoms with Crippen LogP contribution in [0.25, 0.3) is 0 Å². The van der Waals surface area contributed by atoms with Crippen LogP contribution in [-0.2, 0) is 19.1 Å². The molecule has 4 saturated carbocycles. The molecule has 1 saturated heterocycles. The van der Waals surface area contributed by atoms with Gasteiger partial charge in [-0.25, -0.2) is 4.79 Å². The minimum absolute atomic E-state index is 0.131. The van der Waals surface area contributed by atoms with Gasteiger partial charge in [0, 0.05) is 10.7 Å². The smallest absolute Gasteiger partial charge is 0.347 e. The van der Waals surface area contributed by atoms with Gasteiger partial charge in [-0.3, -0.25) is 4.79 Å². The van der Waals surface area contributed by atoms with Gasteiger partial charge >= 0.3 is 11.9 Å². The summed E-state index contributed by atoms with van der Waals surface area (Å²) in [6.07, 6.45) is 6.22. The van der Waals surface area contributed by atoms with Crippen LogP contribution in [0.15, 0.2) is 0 Å². The van der Waals surface area contributed by atoms with Gasteiger partial charge in [0.1, 0.15) is 0 Å². The van der Waals surface area contributed by atoms with Gasteiger partial charge in [0.2, 0.25) is 6.10 Å². The second-order valence-electron chi connectivity index (χ2n) is 7.24. The van der Waals surface area contributed by atoms with Crippen LogP contribution in [0.5, 0.6) is 0 Å². The van der Waals surface area contributed by atoms with Gasteiger partial charge in [-0.05, 0) is 50.4 Å². The molecule has 4 bridgehead atoms. The first-order chi connectivity index (χ1) is 9.48. The Kier molecular flexibility index (Phi) is 2.76. The fraction of sp³-hybridized carbons (Fsp3) is 0.867. The lowest BCUT2D eigenvalue weighted by Gasteiger charge is -2.58. The van der Waals surface area contributed by atoms with E-state index in [9.17, 15) is 9.59 Å². The molecular weight excluding hydrogens is 324 g/mol. The van der Waals surface area contributed by atoms with Gasteiger partial charge in [-0.2, -0.15) is 0 Å². The average molecular weight is 343 g/mol. The highest BCUT2D eigenvalue weighted by Gasteiger charge is 2.61. The van der Waals surface area contributed by atoms with Crippen LogP contribution < -0.4 is 0 Å². The molecule has 1 heterocycles. The Morgan fingerprint density at radius 2 is 1.95 bits per heavy atom. The molecular formula is C15H19BrO4. The molecule has 110 valence electrons. The third-order valence-corrected chi connectivity index (χ3v) is 6.49. The van der Waals surface area contributed by atoms with Gasteiger partial charge < -0.3 is 9.47 Å². The van der Waals surface area contributed by atoms with Crippen molar-refractivity contribution in [2.75, 3.05) is 6.61 Å². The molecule has 5 rings (SSSR count). The summed E-state index contributed by atoms with van der Waals surface area (Å²) in [6, 6.07) is 0. The van der Waals surface area contributed by atoms with Gasteiger partial charge in [-0.15, -0.1) is 0 Å². The van der Waals surface area contributed by atoms with Crippen molar-refractivity contribution in [2.45, 2.75) is 55.4 Å². The lowest BCUT2D eigenvalue weighted by molar-refractivity contribution is -0.178. The van der Waals surface area contributed by atoms with E-state index in [1.54, 1.807) is 0 Å². The molecule has 0 spiro atoms. The highest BCUT2D eigenvalue weighted by molar-refractivity contribution is 9.10. The topological polar surface area (TPSA) is 52.6 Å². The third-order valence-electron chi connectivity index (χ3n) is 5.56. The van der Waals surface area contributed by atoms with Gasteiger partial charge in [0.05, 0.1) is 12.0 Å². The van der Waals surface area contributed by atoms with E-state index in [0.29, 0.717) is 24.9 Å². The predicted octanol–water partition coefficient (Wildman–Crippen LogP) is 2.58. The molecule has 4 nitrogen and oxygen atoms in total. The maximum Gasteiger partial charge on any atom is 0.347 e. The molecule has 0 aromatic carbocycles. The lowest BCUT2D eigenvalue weighted by atomic mass is 9.49. The largest absolute Gasteiger partial charge is 0.463 e. The number of rotatable bonds is 2. The van der Waals surface area contributed by atoms with Crippen LogP contribution in [0.1, 0.15) is 44.9 Å². The fourth-order valence-electron chi connectivity index (χ4n) is 5.23. The molecule has 0 aromatic rings. The van der Waals surface area contributed by atoms with Gasteiger partial charge in [0.25, 0.3) is 0 Å². The Hall–Kier alpha value is -0.580. The Labute approximate surface area is 126 Å². The summed E-state index contributed by atoms with van der Waals surface area (Å²) in [5.41, 5.74) is -0.351. The molecule has 5 atom stereocenters. The lowest BCUT2D eigenvalue weighted by Crippen LogP contribution is -2.56. The van der Waals surface area contributed by atoms with Crippen molar-refractivity contribution in [3.05, 3.63) is 0 Å². The molecule has 1 aliphatic heterocycles. The van der Waals surface area contributed by atoms with E-state index in [1.807, 2.05) is 0 Å². The number of carbonyl (C=O) groups excluding carboxylic acids is 2. The molecule has 0 radical (unpaired) electrons. The van der Waals surface area contributed by atoms with E-state index in [2.05, 4.69) is 15.9 Å². The van der Waals surface area contributed by atoms with E-state index in [4.69, 9.17) is 9.47 Å². The first kappa shape index (κ1) is 13.1. The minimum atomic E-state index is -0.665. The van der Waals surface area contributed by atoms with Gasteiger partial charge in [-0.1, -0.05) is 15.9 Å². The number of halogens is 1. The Bertz CT molecular complexity index is 460. The van der Waals surface area contributed by atoms with Crippen molar-refractivity contribution in [1.29, 1.82) is 0 Å². The summed E-state index contributed by atoms with van der Waals surface area (Å²) >= 11 is 3.89. The van der Waals surface area contributed by atoms with E-state index in [-0.39, 0.29) is 21.7 Å². The van der Waals surface area contributed by atoms with E-state index >= 15 is 0 Å². The quantitative estimate of drug-likeness (QED) is 0.571. The van der Waals surface area contributed by atoms with Crippen molar-refractivity contribution >= 4 is 27.9 Å². The van der Waals surface area contributed by atoms with Crippen molar-refractivity contribution < 1.29 is 19.1 Å². The van der Waals surface area contributed by atoms with Crippen molar-refractivity contribution in [1.82, 2.24) is 0 Å². The molecule has 2 unspecified atom stereocenters. The first-order valence-corrected chi connectivity index (χ1v) is 8.34. The monoisotopic (exact) mass is 342 g/mol. The zero-order valence-electron chi connectivity index (χ0n) is 11.4. The van der Waals surface area contributed by atoms with E-state index in [0.717, 1.165) is 19.3 Å². The maximum atomic E-state index is 12.7. The van der Waals surface area contributed by atoms with Crippen LogP contribution in [0, 0.1) is 17.3 Å². The number of ether oxygens (including phenoxy) is 2. The van der Waals surface area contributed by atoms with E-state index in [1.165, 1.54) is 19.3 Å². The highest BCUT2D eigenvalue weighted by atomic mass is 79.9. The highest BCUT2D eigenvalue weighted by Crippen LogP contribution is 2.64. The summed E-state index contributed by atoms with van der Waals surface area (Å²) in [6.45, 7) is 0.372. The van der Waals surface area contributed by atoms with Crippen molar-refractivity contribution in [2.24, 2.45) is 17.3 Å². The molecule has 5 heteroatoms. The molecule has 5 fully saturated rings. The summed E-state index contributed by atoms with van der Waals surface area (Å²) in [5, 5.41) is 0. The number of hydrogen-bond donors (Lipinski definition) is 0. The van der Waals surface area contributed by atoms with E-state index < -0.39 is 6.10 Å². The first-order valence-electron chi connectivity index (χ1n) is 7.55. The van der Waals surface area contributed by atoms with Crippen LogP contribution in [-0.4, -0.2) is 29.0 Å². The zero-order valence-corrected chi connectivity index (χ0v) is 13.0. The Balaban J connectivity index is 1.55. The predicted molar refractivity (Wildman–Crippen MR) is 74.2 cm³/mol. The van der Waals surface area contributed by atoms with Crippen molar-refractivity contribution in [3.8, 4) is 0 Å². The van der Waals surface area contributed by atoms with Crippen LogP contribution in [0.2, 0.25) is 0 Å². The summed E-state index contributed by atoms with van der Waals surface area (Å²) in [5.74, 6) is 0.744. The summed E-state index contributed by atoms with van der Waals surface area (Å²) in [7, 11) is 0. The zero-order chi connectivity index (χ0) is 14.0. The van der Waals surface area contributed by atoms with Crippen LogP contribution in [0.3, 0.4) is 0 Å². The van der Waals surface area contributed by atoms with Crippen molar-refractivity contribution in [3.63, 3.8) is 0 Å². The average Bonchev–Trinajstić information content (AvgIpc) is 2.71. The maximum absolute atomic E-state index is 12.7. The SMILES string of the molecule is O=C1OCC[C@@H]1OC(=O)C12C[C@@H]3C[C@@H](CC(Br)(C3)C1)C2. The van der Waals surface area contributed by atoms with Crippen LogP contribution in [0.4, 0.5) is 0 Å². The fourth-order valence-corrected chi connectivity index (χ4v) is 6.68. The molecule has 5 aliphatic rings. The molecule has 0 amide bonds. The Morgan fingerprint density at radius 1 is 1.25 bits per heavy atom. The standard InChI is InChI=1S/C15H19BrO4/c16-15-6-9-3-10(7-15)5-14(4-9,8-15)13(18)20-11-1-2-19-12(11)17/h9-11H,1-8H2/t9-,10+,11-,14?,15?/m0/s1. The molecule has 4 aliphatic carbocycles. The number of alkyl halides is 1. The molecule has 0 N–H and O–H groups in total. The second-order valence-corrected chi connectivity index (χ2v) is 8.92. The number of hydrogen-bond acceptors (Lipinski definition) is 4. The number of carbonyl (C=O) groups is 2. The van der Waals surface area contributed by atoms with Gasteiger partial charge in [0.15, 0.2) is 0 Å². The second kappa shape index (κ2) is 4.21. The Morgan fingerprint density at radius 3 is 2.50 bits per heavy atom. The molecule has 0 aromatic heterocycles. The third kappa shape index (κ3) is 1.92. The van der Waals surface area contributed by atoms with Crippen LogP contribution >= 0.6 is 15.9 Å². The summed E-state index contributed by atoms with van der Waals surface area (Å²) < 4.78 is 10.5. The molecule has 20 heavy (non-hydrogen) atoms. The normalized spacial score (nSPS) is 49.2. The number of esters is 2.